The number of carbonyl (C=O) groups is 1. The minimum atomic E-state index is -0.555. The fourth-order valence-electron chi connectivity index (χ4n) is 2.07. The van der Waals surface area contributed by atoms with Crippen LogP contribution in [-0.4, -0.2) is 20.7 Å². The lowest BCUT2D eigenvalue weighted by Gasteiger charge is -2.08. The predicted octanol–water partition coefficient (Wildman–Crippen LogP) is 4.18. The summed E-state index contributed by atoms with van der Waals surface area (Å²) >= 11 is 13.2. The Morgan fingerprint density at radius 2 is 2.16 bits per heavy atom. The summed E-state index contributed by atoms with van der Waals surface area (Å²) in [5.74, 6) is -0.555. The average molecular weight is 390 g/mol. The van der Waals surface area contributed by atoms with Gasteiger partial charge >= 0.3 is 0 Å². The first-order valence-electron chi connectivity index (χ1n) is 6.90. The quantitative estimate of drug-likeness (QED) is 0.535. The Morgan fingerprint density at radius 3 is 2.84 bits per heavy atom. The number of nitriles is 1. The lowest BCUT2D eigenvalue weighted by atomic mass is 10.2. The number of hydrogen-bond donors (Lipinski definition) is 1. The predicted molar refractivity (Wildman–Crippen MR) is 97.9 cm³/mol. The second-order valence-electron chi connectivity index (χ2n) is 4.77. The topological polar surface area (TPSA) is 83.6 Å². The molecule has 1 N–H and O–H groups in total. The van der Waals surface area contributed by atoms with Gasteiger partial charge in [0.1, 0.15) is 17.2 Å². The zero-order valence-corrected chi connectivity index (χ0v) is 14.8. The van der Waals surface area contributed by atoms with Crippen LogP contribution in [0, 0.1) is 11.3 Å². The number of amides is 1. The average Bonchev–Trinajstić information content (AvgIpc) is 3.26. The molecule has 0 aliphatic heterocycles. The van der Waals surface area contributed by atoms with Gasteiger partial charge in [0.15, 0.2) is 0 Å². The van der Waals surface area contributed by atoms with Crippen molar-refractivity contribution in [2.24, 2.45) is 0 Å². The van der Waals surface area contributed by atoms with E-state index in [4.69, 9.17) is 23.2 Å². The van der Waals surface area contributed by atoms with Crippen molar-refractivity contribution < 1.29 is 4.79 Å². The highest BCUT2D eigenvalue weighted by Crippen LogP contribution is 2.26. The molecule has 2 aromatic heterocycles. The molecular weight excluding hydrogens is 381 g/mol. The van der Waals surface area contributed by atoms with Crippen LogP contribution in [0.2, 0.25) is 10.0 Å². The molecule has 1 aromatic carbocycles. The lowest BCUT2D eigenvalue weighted by molar-refractivity contribution is -0.112. The van der Waals surface area contributed by atoms with Crippen molar-refractivity contribution >= 4 is 51.7 Å². The molecule has 6 nitrogen and oxygen atoms in total. The second-order valence-corrected chi connectivity index (χ2v) is 6.42. The van der Waals surface area contributed by atoms with Gasteiger partial charge in [-0.2, -0.15) is 5.26 Å². The third-order valence-corrected chi connectivity index (χ3v) is 4.55. The van der Waals surface area contributed by atoms with Crippen LogP contribution in [0.25, 0.3) is 11.8 Å². The number of anilines is 1. The molecule has 0 saturated heterocycles. The van der Waals surface area contributed by atoms with Crippen LogP contribution in [0.1, 0.15) is 5.69 Å². The van der Waals surface area contributed by atoms with E-state index in [0.29, 0.717) is 20.9 Å². The first-order valence-corrected chi connectivity index (χ1v) is 8.54. The fraction of sp³-hybridized carbons (Fsp3) is 0. The molecule has 0 unspecified atom stereocenters. The van der Waals surface area contributed by atoms with E-state index in [1.807, 2.05) is 6.07 Å². The molecule has 0 spiro atoms. The lowest BCUT2D eigenvalue weighted by Crippen LogP contribution is -2.13. The molecule has 9 heteroatoms. The van der Waals surface area contributed by atoms with Crippen LogP contribution in [-0.2, 0) is 4.79 Å². The first kappa shape index (κ1) is 17.2. The van der Waals surface area contributed by atoms with Gasteiger partial charge in [-0.05, 0) is 36.4 Å². The van der Waals surface area contributed by atoms with Gasteiger partial charge in [-0.1, -0.05) is 34.5 Å². The highest BCUT2D eigenvalue weighted by atomic mass is 35.5. The number of halogens is 2. The maximum atomic E-state index is 12.2. The maximum absolute atomic E-state index is 12.2. The number of benzene rings is 1. The Bertz CT molecular complexity index is 988. The van der Waals surface area contributed by atoms with E-state index in [-0.39, 0.29) is 5.57 Å². The van der Waals surface area contributed by atoms with E-state index in [2.05, 4.69) is 15.5 Å². The van der Waals surface area contributed by atoms with Gasteiger partial charge in [0.05, 0.1) is 10.0 Å². The largest absolute Gasteiger partial charge is 0.317 e. The molecule has 2 heterocycles. The Hall–Kier alpha value is -2.66. The number of nitrogens with one attached hydrogen (secondary N) is 1. The Balaban J connectivity index is 1.92. The van der Waals surface area contributed by atoms with Gasteiger partial charge in [-0.3, -0.25) is 10.1 Å². The van der Waals surface area contributed by atoms with Crippen molar-refractivity contribution in [1.29, 1.82) is 5.26 Å². The summed E-state index contributed by atoms with van der Waals surface area (Å²) < 4.78 is 1.79. The molecular formula is C16H9Cl2N5OS. The van der Waals surface area contributed by atoms with Crippen molar-refractivity contribution in [2.75, 3.05) is 5.32 Å². The molecule has 0 saturated carbocycles. The summed E-state index contributed by atoms with van der Waals surface area (Å²) in [7, 11) is 0. The highest BCUT2D eigenvalue weighted by molar-refractivity contribution is 7.13. The van der Waals surface area contributed by atoms with Gasteiger partial charge in [-0.25, -0.2) is 0 Å². The second kappa shape index (κ2) is 7.49. The standard InChI is InChI=1S/C16H9Cl2N5OS/c17-13-4-3-12(7-14(13)18)23-5-1-2-11(23)6-10(8-19)15(24)21-16-22-20-9-25-16/h1-7,9H,(H,21,22,24)/b10-6-. The molecule has 0 atom stereocenters. The minimum Gasteiger partial charge on any atom is -0.317 e. The molecule has 0 fully saturated rings. The Kier molecular flexibility index (Phi) is 5.14. The minimum absolute atomic E-state index is 0.0600. The Morgan fingerprint density at radius 1 is 1.32 bits per heavy atom. The molecule has 25 heavy (non-hydrogen) atoms. The van der Waals surface area contributed by atoms with Gasteiger partial charge in [0.25, 0.3) is 5.91 Å². The first-order chi connectivity index (χ1) is 12.1. The van der Waals surface area contributed by atoms with Gasteiger partial charge in [0, 0.05) is 17.6 Å². The number of hydrogen-bond acceptors (Lipinski definition) is 5. The summed E-state index contributed by atoms with van der Waals surface area (Å²) in [6.45, 7) is 0. The normalized spacial score (nSPS) is 11.2. The van der Waals surface area contributed by atoms with Gasteiger partial charge < -0.3 is 4.57 Å². The number of rotatable bonds is 4. The number of carbonyl (C=O) groups excluding carboxylic acids is 1. The summed E-state index contributed by atoms with van der Waals surface area (Å²) in [6, 6.07) is 10.6. The summed E-state index contributed by atoms with van der Waals surface area (Å²) in [5, 5.41) is 20.4. The van der Waals surface area contributed by atoms with Crippen LogP contribution in [0.5, 0.6) is 0 Å². The van der Waals surface area contributed by atoms with Gasteiger partial charge in [0.2, 0.25) is 5.13 Å². The smallest absolute Gasteiger partial charge is 0.268 e. The molecule has 0 radical (unpaired) electrons. The molecule has 0 aliphatic carbocycles. The maximum Gasteiger partial charge on any atom is 0.268 e. The molecule has 3 aromatic rings. The third-order valence-electron chi connectivity index (χ3n) is 3.20. The SMILES string of the molecule is N#C/C(=C/c1cccn1-c1ccc(Cl)c(Cl)c1)C(=O)Nc1nncs1. The number of aromatic nitrogens is 3. The van der Waals surface area contributed by atoms with Crippen LogP contribution in [0.15, 0.2) is 47.6 Å². The van der Waals surface area contributed by atoms with E-state index in [1.54, 1.807) is 41.1 Å². The number of nitrogens with zero attached hydrogens (tertiary/aromatic N) is 4. The van der Waals surface area contributed by atoms with E-state index in [9.17, 15) is 10.1 Å². The molecule has 0 aliphatic rings. The van der Waals surface area contributed by atoms with Crippen LogP contribution < -0.4 is 5.32 Å². The fourth-order valence-corrected chi connectivity index (χ4v) is 2.80. The molecule has 1 amide bonds. The van der Waals surface area contributed by atoms with E-state index < -0.39 is 5.91 Å². The van der Waals surface area contributed by atoms with Crippen LogP contribution >= 0.6 is 34.5 Å². The van der Waals surface area contributed by atoms with E-state index >= 15 is 0 Å². The molecule has 124 valence electrons. The third kappa shape index (κ3) is 3.88. The highest BCUT2D eigenvalue weighted by Gasteiger charge is 2.13. The zero-order chi connectivity index (χ0) is 17.8. The molecule has 3 rings (SSSR count). The van der Waals surface area contributed by atoms with E-state index in [0.717, 1.165) is 5.69 Å². The van der Waals surface area contributed by atoms with Crippen molar-refractivity contribution in [1.82, 2.24) is 14.8 Å². The van der Waals surface area contributed by atoms with Crippen molar-refractivity contribution in [2.45, 2.75) is 0 Å². The van der Waals surface area contributed by atoms with Crippen LogP contribution in [0.4, 0.5) is 5.13 Å². The molecule has 0 bridgehead atoms. The summed E-state index contributed by atoms with van der Waals surface area (Å²) in [6.07, 6.45) is 3.28. The zero-order valence-electron chi connectivity index (χ0n) is 12.5. The monoisotopic (exact) mass is 389 g/mol. The van der Waals surface area contributed by atoms with Gasteiger partial charge in [-0.15, -0.1) is 10.2 Å². The van der Waals surface area contributed by atoms with Crippen molar-refractivity contribution in [3.63, 3.8) is 0 Å². The Labute approximate surface area is 156 Å². The summed E-state index contributed by atoms with van der Waals surface area (Å²) in [4.78, 5) is 12.2. The summed E-state index contributed by atoms with van der Waals surface area (Å²) in [5.41, 5.74) is 2.82. The van der Waals surface area contributed by atoms with E-state index in [1.165, 1.54) is 22.9 Å². The van der Waals surface area contributed by atoms with Crippen LogP contribution in [0.3, 0.4) is 0 Å². The van der Waals surface area contributed by atoms with Crippen molar-refractivity contribution in [3.05, 3.63) is 63.4 Å². The van der Waals surface area contributed by atoms with Crippen molar-refractivity contribution in [3.8, 4) is 11.8 Å².